The fourth-order valence-corrected chi connectivity index (χ4v) is 8.98. The van der Waals surface area contributed by atoms with Gasteiger partial charge in [-0.1, -0.05) is 33.7 Å². The first-order chi connectivity index (χ1) is 22.8. The van der Waals surface area contributed by atoms with Crippen LogP contribution < -0.4 is 10.6 Å². The van der Waals surface area contributed by atoms with Crippen molar-refractivity contribution in [3.8, 4) is 5.75 Å². The predicted molar refractivity (Wildman–Crippen MR) is 172 cm³/mol. The third kappa shape index (κ3) is 7.28. The van der Waals surface area contributed by atoms with Gasteiger partial charge in [0, 0.05) is 16.3 Å². The monoisotopic (exact) mass is 726 g/mol. The summed E-state index contributed by atoms with van der Waals surface area (Å²) in [5, 5.41) is 33.0. The molecule has 19 heteroatoms. The highest BCUT2D eigenvalue weighted by Crippen LogP contribution is 2.50. The van der Waals surface area contributed by atoms with Crippen LogP contribution in [0.15, 0.2) is 36.1 Å². The standard InChI is InChI=1S/C29H34N4O12S3/c1-29(2)22(26(39)40)33-24(38)20(25(33)48-29)30-23(37)19(14-3-5-15(35)6-4-14)31-28(42)44-10-12-47-46-11-9-43-27(41)21-16(7-8-34)45-18-13-17(36)32(18)21/h3-7,18-22,25,34-35H,8-13H2,1-2H3,(H,30,37)(H,31,42)(H,39,40)/b16-7+/t18-,19?,20-,21?,22?,25-/m1/s1. The first-order valence-electron chi connectivity index (χ1n) is 14.8. The van der Waals surface area contributed by atoms with E-state index in [2.05, 4.69) is 10.6 Å². The van der Waals surface area contributed by atoms with Crippen molar-refractivity contribution in [2.75, 3.05) is 31.3 Å². The van der Waals surface area contributed by atoms with Gasteiger partial charge in [0.05, 0.1) is 13.0 Å². The van der Waals surface area contributed by atoms with Crippen LogP contribution in [-0.4, -0.2) is 127 Å². The Morgan fingerprint density at radius 3 is 2.40 bits per heavy atom. The summed E-state index contributed by atoms with van der Waals surface area (Å²) in [7, 11) is 2.70. The number of hydrogen-bond acceptors (Lipinski definition) is 14. The van der Waals surface area contributed by atoms with Crippen LogP contribution in [0.2, 0.25) is 0 Å². The molecule has 4 amide bonds. The minimum Gasteiger partial charge on any atom is -0.508 e. The van der Waals surface area contributed by atoms with Gasteiger partial charge in [-0.25, -0.2) is 14.4 Å². The SMILES string of the molecule is CC1(C)S[C@@H]2[C@H](NC(=O)C(NC(=O)OCCSSCCOC(=O)C3/C(=C\CO)O[C@@H]4CC(=O)N34)c3ccc(O)cc3)C(=O)N2C1C(=O)O. The van der Waals surface area contributed by atoms with Crippen molar-refractivity contribution in [1.82, 2.24) is 20.4 Å². The number of ether oxygens (including phenoxy) is 3. The Balaban J connectivity index is 1.05. The molecular weight excluding hydrogens is 693 g/mol. The predicted octanol–water partition coefficient (Wildman–Crippen LogP) is 0.549. The third-order valence-corrected chi connectivity index (χ3v) is 11.8. The number of phenolic OH excluding ortho intramolecular Hbond substituents is 1. The molecule has 16 nitrogen and oxygen atoms in total. The van der Waals surface area contributed by atoms with Crippen LogP contribution in [0.1, 0.15) is 31.9 Å². The van der Waals surface area contributed by atoms with E-state index in [1.165, 1.54) is 73.5 Å². The average molecular weight is 727 g/mol. The molecule has 3 unspecified atom stereocenters. The Morgan fingerprint density at radius 2 is 1.77 bits per heavy atom. The van der Waals surface area contributed by atoms with Crippen LogP contribution in [-0.2, 0) is 38.2 Å². The third-order valence-electron chi connectivity index (χ3n) is 7.90. The smallest absolute Gasteiger partial charge is 0.408 e. The molecule has 6 atom stereocenters. The van der Waals surface area contributed by atoms with E-state index in [4.69, 9.17) is 14.2 Å². The van der Waals surface area contributed by atoms with E-state index in [-0.39, 0.29) is 43.7 Å². The number of aliphatic hydroxyl groups excluding tert-OH is 1. The molecule has 0 saturated carbocycles. The Labute approximate surface area is 286 Å². The van der Waals surface area contributed by atoms with Crippen LogP contribution in [0.4, 0.5) is 4.79 Å². The molecule has 1 aromatic rings. The highest BCUT2D eigenvalue weighted by molar-refractivity contribution is 8.76. The molecule has 5 rings (SSSR count). The molecule has 0 aliphatic carbocycles. The van der Waals surface area contributed by atoms with Gasteiger partial charge in [0.15, 0.2) is 12.3 Å². The largest absolute Gasteiger partial charge is 0.508 e. The molecular formula is C29H34N4O12S3. The second-order valence-electron chi connectivity index (χ2n) is 11.5. The number of thioether (sulfide) groups is 1. The molecule has 4 saturated heterocycles. The van der Waals surface area contributed by atoms with E-state index in [0.717, 1.165) is 0 Å². The zero-order valence-electron chi connectivity index (χ0n) is 25.7. The first kappa shape index (κ1) is 35.5. The summed E-state index contributed by atoms with van der Waals surface area (Å²) in [6, 6.07) is 1.21. The van der Waals surface area contributed by atoms with Gasteiger partial charge >= 0.3 is 18.0 Å². The number of carboxylic acids is 1. The van der Waals surface area contributed by atoms with Gasteiger partial charge in [-0.05, 0) is 37.6 Å². The zero-order valence-corrected chi connectivity index (χ0v) is 28.2. The summed E-state index contributed by atoms with van der Waals surface area (Å²) in [5.74, 6) is -2.39. The van der Waals surface area contributed by atoms with E-state index in [0.29, 0.717) is 17.1 Å². The summed E-state index contributed by atoms with van der Waals surface area (Å²) >= 11 is 1.27. The molecule has 4 heterocycles. The molecule has 260 valence electrons. The van der Waals surface area contributed by atoms with Crippen LogP contribution >= 0.6 is 33.3 Å². The van der Waals surface area contributed by atoms with Crippen LogP contribution in [0, 0.1) is 0 Å². The number of aliphatic hydroxyl groups is 1. The van der Waals surface area contributed by atoms with E-state index in [9.17, 15) is 44.1 Å². The number of nitrogens with one attached hydrogen (secondary N) is 2. The molecule has 4 aliphatic rings. The van der Waals surface area contributed by atoms with Crippen molar-refractivity contribution >= 4 is 69.1 Å². The lowest BCUT2D eigenvalue weighted by atomic mass is 9.95. The van der Waals surface area contributed by atoms with Gasteiger partial charge in [0.25, 0.3) is 0 Å². The highest BCUT2D eigenvalue weighted by Gasteiger charge is 2.64. The minimum absolute atomic E-state index is 0.0269. The Kier molecular flexibility index (Phi) is 10.9. The molecule has 48 heavy (non-hydrogen) atoms. The summed E-state index contributed by atoms with van der Waals surface area (Å²) in [6.07, 6.45) is 0.0635. The van der Waals surface area contributed by atoms with E-state index < -0.39 is 70.4 Å². The number of β-lactam (4-membered cyclic amide) rings is 2. The number of esters is 1. The van der Waals surface area contributed by atoms with E-state index >= 15 is 0 Å². The van der Waals surface area contributed by atoms with Gasteiger partial charge in [0.2, 0.25) is 17.7 Å². The second kappa shape index (κ2) is 14.8. The maximum atomic E-state index is 13.4. The molecule has 0 bridgehead atoms. The fraction of sp³-hybridized carbons (Fsp3) is 0.517. The van der Waals surface area contributed by atoms with Gasteiger partial charge in [0.1, 0.15) is 48.2 Å². The van der Waals surface area contributed by atoms with Gasteiger partial charge in [-0.3, -0.25) is 19.3 Å². The number of amides is 4. The van der Waals surface area contributed by atoms with Crippen molar-refractivity contribution < 1.29 is 58.3 Å². The Hall–Kier alpha value is -3.81. The van der Waals surface area contributed by atoms with E-state index in [1.54, 1.807) is 13.8 Å². The van der Waals surface area contributed by atoms with Crippen molar-refractivity contribution in [2.45, 2.75) is 60.8 Å². The van der Waals surface area contributed by atoms with Crippen LogP contribution in [0.5, 0.6) is 5.75 Å². The molecule has 0 aromatic heterocycles. The molecule has 0 radical (unpaired) electrons. The lowest BCUT2D eigenvalue weighted by Gasteiger charge is -2.44. The number of aromatic hydroxyl groups is 1. The summed E-state index contributed by atoms with van der Waals surface area (Å²) < 4.78 is 15.3. The normalized spacial score (nSPS) is 26.4. The minimum atomic E-state index is -1.29. The van der Waals surface area contributed by atoms with E-state index in [1.807, 2.05) is 0 Å². The number of nitrogens with zero attached hydrogens (tertiary/aromatic N) is 2. The maximum absolute atomic E-state index is 13.4. The number of hydrogen-bond donors (Lipinski definition) is 5. The lowest BCUT2D eigenvalue weighted by Crippen LogP contribution is -2.71. The maximum Gasteiger partial charge on any atom is 0.408 e. The quantitative estimate of drug-likeness (QED) is 0.0765. The first-order valence-corrected chi connectivity index (χ1v) is 18.2. The number of rotatable bonds is 14. The number of carbonyl (C=O) groups excluding carboxylic acids is 5. The molecule has 4 fully saturated rings. The summed E-state index contributed by atoms with van der Waals surface area (Å²) in [6.45, 7) is 3.11. The van der Waals surface area contributed by atoms with Gasteiger partial charge in [-0.2, -0.15) is 0 Å². The summed E-state index contributed by atoms with van der Waals surface area (Å²) in [5.41, 5.74) is 0.310. The number of alkyl carbamates (subject to hydrolysis) is 1. The molecule has 5 N–H and O–H groups in total. The van der Waals surface area contributed by atoms with Crippen molar-refractivity contribution in [1.29, 1.82) is 0 Å². The average Bonchev–Trinajstić information content (AvgIpc) is 3.47. The Morgan fingerprint density at radius 1 is 1.10 bits per heavy atom. The van der Waals surface area contributed by atoms with Crippen molar-refractivity contribution in [3.63, 3.8) is 0 Å². The molecule has 4 aliphatic heterocycles. The fourth-order valence-electron chi connectivity index (χ4n) is 5.70. The molecule has 0 spiro atoms. The number of carbonyl (C=O) groups is 6. The van der Waals surface area contributed by atoms with Crippen molar-refractivity contribution in [3.05, 3.63) is 41.7 Å². The number of benzene rings is 1. The Bertz CT molecular complexity index is 1490. The zero-order chi connectivity index (χ0) is 34.7. The highest BCUT2D eigenvalue weighted by atomic mass is 33.1. The number of phenols is 1. The lowest BCUT2D eigenvalue weighted by molar-refractivity contribution is -0.165. The van der Waals surface area contributed by atoms with Crippen LogP contribution in [0.3, 0.4) is 0 Å². The molecule has 1 aromatic carbocycles. The topological polar surface area (TPSA) is 221 Å². The number of fused-ring (bicyclic) bond motifs is 2. The van der Waals surface area contributed by atoms with Gasteiger partial charge in [-0.15, -0.1) is 11.8 Å². The second-order valence-corrected chi connectivity index (χ2v) is 15.9. The number of aliphatic carboxylic acids is 1. The summed E-state index contributed by atoms with van der Waals surface area (Å²) in [4.78, 5) is 77.7. The van der Waals surface area contributed by atoms with Crippen LogP contribution in [0.25, 0.3) is 0 Å². The van der Waals surface area contributed by atoms with Gasteiger partial charge < -0.3 is 45.1 Å². The van der Waals surface area contributed by atoms with Crippen molar-refractivity contribution in [2.24, 2.45) is 0 Å². The number of carboxylic acid groups (broad SMARTS) is 1.